The Morgan fingerprint density at radius 1 is 1.14 bits per heavy atom. The molecular formula is C18H20FN3. The van der Waals surface area contributed by atoms with Crippen LogP contribution in [0.1, 0.15) is 17.5 Å². The molecule has 3 nitrogen and oxygen atoms in total. The maximum atomic E-state index is 14.4. The van der Waals surface area contributed by atoms with Gasteiger partial charge in [0.2, 0.25) is 0 Å². The van der Waals surface area contributed by atoms with Gasteiger partial charge in [-0.15, -0.1) is 0 Å². The summed E-state index contributed by atoms with van der Waals surface area (Å²) in [5.74, 6) is 0.435. The third-order valence-corrected chi connectivity index (χ3v) is 3.80. The van der Waals surface area contributed by atoms with E-state index < -0.39 is 0 Å². The molecule has 0 unspecified atom stereocenters. The molecule has 1 heterocycles. The summed E-state index contributed by atoms with van der Waals surface area (Å²) in [5.41, 5.74) is 2.62. The fraction of sp³-hybridized carbons (Fsp3) is 0.278. The lowest BCUT2D eigenvalue weighted by Gasteiger charge is -2.25. The van der Waals surface area contributed by atoms with E-state index in [-0.39, 0.29) is 5.82 Å². The lowest BCUT2D eigenvalue weighted by atomic mass is 10.1. The Morgan fingerprint density at radius 2 is 1.95 bits per heavy atom. The molecule has 0 fully saturated rings. The minimum atomic E-state index is -0.231. The van der Waals surface area contributed by atoms with Crippen LogP contribution in [0.2, 0.25) is 0 Å². The molecule has 1 N–H and O–H groups in total. The molecule has 0 atom stereocenters. The van der Waals surface area contributed by atoms with E-state index in [1.165, 1.54) is 11.6 Å². The average molecular weight is 297 g/mol. The number of halogens is 1. The number of hydrogen-bond acceptors (Lipinski definition) is 3. The second kappa shape index (κ2) is 6.60. The van der Waals surface area contributed by atoms with Gasteiger partial charge in [0.25, 0.3) is 0 Å². The molecule has 4 heteroatoms. The van der Waals surface area contributed by atoms with Gasteiger partial charge in [-0.3, -0.25) is 4.99 Å². The molecule has 1 aliphatic heterocycles. The Bertz CT molecular complexity index is 667. The van der Waals surface area contributed by atoms with Crippen LogP contribution in [0.4, 0.5) is 10.1 Å². The maximum absolute atomic E-state index is 14.4. The van der Waals surface area contributed by atoms with Crippen LogP contribution in [0.3, 0.4) is 0 Å². The van der Waals surface area contributed by atoms with E-state index >= 15 is 0 Å². The maximum Gasteiger partial charge on any atom is 0.136 e. The Morgan fingerprint density at radius 3 is 2.68 bits per heavy atom. The van der Waals surface area contributed by atoms with Gasteiger partial charge in [0.1, 0.15) is 11.7 Å². The molecule has 0 saturated carbocycles. The highest BCUT2D eigenvalue weighted by Crippen LogP contribution is 2.24. The summed E-state index contributed by atoms with van der Waals surface area (Å²) in [5, 5.41) is 3.22. The first-order valence-corrected chi connectivity index (χ1v) is 7.58. The Kier molecular flexibility index (Phi) is 4.37. The van der Waals surface area contributed by atoms with Crippen molar-refractivity contribution in [3.8, 4) is 0 Å². The predicted molar refractivity (Wildman–Crippen MR) is 89.0 cm³/mol. The van der Waals surface area contributed by atoms with Crippen molar-refractivity contribution in [2.45, 2.75) is 13.0 Å². The van der Waals surface area contributed by atoms with Gasteiger partial charge in [-0.25, -0.2) is 4.39 Å². The van der Waals surface area contributed by atoms with E-state index in [0.29, 0.717) is 11.4 Å². The zero-order chi connectivity index (χ0) is 15.4. The fourth-order valence-electron chi connectivity index (χ4n) is 2.71. The van der Waals surface area contributed by atoms with E-state index in [4.69, 9.17) is 0 Å². The molecule has 1 aliphatic rings. The minimum Gasteiger partial charge on any atom is -0.370 e. The van der Waals surface area contributed by atoms with Gasteiger partial charge in [0.05, 0.1) is 11.3 Å². The van der Waals surface area contributed by atoms with Crippen LogP contribution in [0, 0.1) is 5.82 Å². The van der Waals surface area contributed by atoms with Gasteiger partial charge in [0.15, 0.2) is 0 Å². The zero-order valence-electron chi connectivity index (χ0n) is 12.7. The summed E-state index contributed by atoms with van der Waals surface area (Å²) in [6, 6.07) is 15.4. The second-order valence-corrected chi connectivity index (χ2v) is 5.49. The third kappa shape index (κ3) is 3.11. The second-order valence-electron chi connectivity index (χ2n) is 5.49. The first-order chi connectivity index (χ1) is 10.8. The average Bonchev–Trinajstić information content (AvgIpc) is 2.56. The normalized spacial score (nSPS) is 14.2. The predicted octanol–water partition coefficient (Wildman–Crippen LogP) is 3.20. The van der Waals surface area contributed by atoms with E-state index in [1.54, 1.807) is 6.07 Å². The van der Waals surface area contributed by atoms with E-state index in [2.05, 4.69) is 27.3 Å². The lowest BCUT2D eigenvalue weighted by Crippen LogP contribution is -2.32. The number of rotatable bonds is 4. The number of nitrogens with zero attached hydrogens (tertiary/aromatic N) is 2. The van der Waals surface area contributed by atoms with Crippen molar-refractivity contribution in [3.63, 3.8) is 0 Å². The van der Waals surface area contributed by atoms with Crippen molar-refractivity contribution < 1.29 is 4.39 Å². The SMILES string of the molecule is CN(Cc1ccccc1)c1cccc(F)c1C1=NCCCN1. The van der Waals surface area contributed by atoms with E-state index in [9.17, 15) is 4.39 Å². The van der Waals surface area contributed by atoms with Crippen LogP contribution in [0.5, 0.6) is 0 Å². The number of anilines is 1. The van der Waals surface area contributed by atoms with Crippen molar-refractivity contribution in [3.05, 3.63) is 65.5 Å². The molecule has 114 valence electrons. The van der Waals surface area contributed by atoms with Crippen LogP contribution in [-0.2, 0) is 6.54 Å². The zero-order valence-corrected chi connectivity index (χ0v) is 12.7. The molecule has 0 bridgehead atoms. The van der Waals surface area contributed by atoms with Crippen molar-refractivity contribution in [1.82, 2.24) is 5.32 Å². The smallest absolute Gasteiger partial charge is 0.136 e. The molecular weight excluding hydrogens is 277 g/mol. The molecule has 22 heavy (non-hydrogen) atoms. The summed E-state index contributed by atoms with van der Waals surface area (Å²) in [4.78, 5) is 6.51. The Labute approximate surface area is 130 Å². The van der Waals surface area contributed by atoms with Gasteiger partial charge in [-0.2, -0.15) is 0 Å². The van der Waals surface area contributed by atoms with Gasteiger partial charge in [0, 0.05) is 26.7 Å². The summed E-state index contributed by atoms with van der Waals surface area (Å²) in [6.07, 6.45) is 0.993. The molecule has 0 saturated heterocycles. The van der Waals surface area contributed by atoms with Gasteiger partial charge in [-0.05, 0) is 24.1 Å². The van der Waals surface area contributed by atoms with Crippen LogP contribution in [-0.4, -0.2) is 26.0 Å². The lowest BCUT2D eigenvalue weighted by molar-refractivity contribution is 0.620. The number of amidine groups is 1. The largest absolute Gasteiger partial charge is 0.370 e. The van der Waals surface area contributed by atoms with Crippen molar-refractivity contribution in [2.75, 3.05) is 25.0 Å². The standard InChI is InChI=1S/C18H20FN3/c1-22(13-14-7-3-2-4-8-14)16-10-5-9-15(19)17(16)18-20-11-6-12-21-18/h2-5,7-10H,6,11-13H2,1H3,(H,20,21). The first-order valence-electron chi connectivity index (χ1n) is 7.58. The topological polar surface area (TPSA) is 27.6 Å². The van der Waals surface area contributed by atoms with Crippen molar-refractivity contribution in [1.29, 1.82) is 0 Å². The molecule has 0 amide bonds. The van der Waals surface area contributed by atoms with Crippen molar-refractivity contribution in [2.24, 2.45) is 4.99 Å². The Balaban J connectivity index is 1.93. The first kappa shape index (κ1) is 14.6. The summed E-state index contributed by atoms with van der Waals surface area (Å²) in [6.45, 7) is 2.32. The summed E-state index contributed by atoms with van der Waals surface area (Å²) < 4.78 is 14.4. The number of aliphatic imine (C=N–C) groups is 1. The molecule has 0 spiro atoms. The minimum absolute atomic E-state index is 0.231. The molecule has 2 aromatic rings. The highest BCUT2D eigenvalue weighted by molar-refractivity contribution is 6.04. The molecule has 0 radical (unpaired) electrons. The quantitative estimate of drug-likeness (QED) is 0.938. The van der Waals surface area contributed by atoms with E-state index in [1.807, 2.05) is 31.3 Å². The van der Waals surface area contributed by atoms with E-state index in [0.717, 1.165) is 31.7 Å². The third-order valence-electron chi connectivity index (χ3n) is 3.80. The van der Waals surface area contributed by atoms with Crippen LogP contribution < -0.4 is 10.2 Å². The number of benzene rings is 2. The highest BCUT2D eigenvalue weighted by atomic mass is 19.1. The van der Waals surface area contributed by atoms with Crippen LogP contribution in [0.25, 0.3) is 0 Å². The Hall–Kier alpha value is -2.36. The fourth-order valence-corrected chi connectivity index (χ4v) is 2.71. The molecule has 0 aromatic heterocycles. The van der Waals surface area contributed by atoms with Gasteiger partial charge in [-0.1, -0.05) is 36.4 Å². The van der Waals surface area contributed by atoms with Crippen LogP contribution >= 0.6 is 0 Å². The van der Waals surface area contributed by atoms with Crippen molar-refractivity contribution >= 4 is 11.5 Å². The monoisotopic (exact) mass is 297 g/mol. The molecule has 0 aliphatic carbocycles. The highest BCUT2D eigenvalue weighted by Gasteiger charge is 2.18. The summed E-state index contributed by atoms with van der Waals surface area (Å²) >= 11 is 0. The number of hydrogen-bond donors (Lipinski definition) is 1. The summed E-state index contributed by atoms with van der Waals surface area (Å²) in [7, 11) is 1.98. The van der Waals surface area contributed by atoms with Crippen LogP contribution in [0.15, 0.2) is 53.5 Å². The number of nitrogens with one attached hydrogen (secondary N) is 1. The molecule has 2 aromatic carbocycles. The van der Waals surface area contributed by atoms with Gasteiger partial charge >= 0.3 is 0 Å². The van der Waals surface area contributed by atoms with Gasteiger partial charge < -0.3 is 10.2 Å². The molecule has 3 rings (SSSR count).